The van der Waals surface area contributed by atoms with Crippen molar-refractivity contribution in [1.82, 2.24) is 0 Å². The quantitative estimate of drug-likeness (QED) is 0.354. The van der Waals surface area contributed by atoms with Gasteiger partial charge in [0, 0.05) is 5.41 Å². The number of allylic oxidation sites excluding steroid dienone is 3. The molecule has 0 heterocycles. The molecule has 0 N–H and O–H groups in total. The Bertz CT molecular complexity index is 785. The Labute approximate surface area is 159 Å². The minimum Gasteiger partial charge on any atom is -0.259 e. The molecule has 0 amide bonds. The largest absolute Gasteiger partial charge is 0.523 e. The van der Waals surface area contributed by atoms with Gasteiger partial charge >= 0.3 is 15.6 Å². The molecule has 1 unspecified atom stereocenters. The molecule has 2 fully saturated rings. The van der Waals surface area contributed by atoms with Gasteiger partial charge in [0.2, 0.25) is 0 Å². The van der Waals surface area contributed by atoms with E-state index in [4.69, 9.17) is 4.18 Å². The van der Waals surface area contributed by atoms with Crippen LogP contribution in [0.4, 0.5) is 13.2 Å². The second kappa shape index (κ2) is 6.09. The Hall–Kier alpha value is -0.820. The standard InChI is InChI=1S/C20H27F3O3S/c1-18-11-4-6-15(18)14-9-8-13-5-3-7-17(19(13,2)16(14)10-12-18)26-27(24,25)20(21,22)23/h4,8,11,14-17H,3,5-7,9-10,12H2,1-2H3/t14-,15-,16-,17?,18-,19-/m0/s1. The fraction of sp³-hybridized carbons (Fsp3) is 0.800. The van der Waals surface area contributed by atoms with E-state index in [1.807, 2.05) is 6.92 Å². The lowest BCUT2D eigenvalue weighted by Gasteiger charge is -2.58. The molecule has 7 heteroatoms. The molecule has 4 rings (SSSR count). The molecule has 0 bridgehead atoms. The lowest BCUT2D eigenvalue weighted by Crippen LogP contribution is -2.54. The van der Waals surface area contributed by atoms with Crippen molar-refractivity contribution < 1.29 is 25.8 Å². The Morgan fingerprint density at radius 1 is 1.15 bits per heavy atom. The van der Waals surface area contributed by atoms with Gasteiger partial charge in [-0.05, 0) is 68.1 Å². The van der Waals surface area contributed by atoms with Gasteiger partial charge in [-0.15, -0.1) is 0 Å². The lowest BCUT2D eigenvalue weighted by molar-refractivity contribution is -0.0865. The van der Waals surface area contributed by atoms with Crippen molar-refractivity contribution >= 4 is 10.1 Å². The van der Waals surface area contributed by atoms with E-state index in [-0.39, 0.29) is 11.3 Å². The van der Waals surface area contributed by atoms with Crippen LogP contribution in [0.3, 0.4) is 0 Å². The fourth-order valence-electron chi connectivity index (χ4n) is 6.53. The Kier molecular flexibility index (Phi) is 4.39. The number of fused-ring (bicyclic) bond motifs is 5. The van der Waals surface area contributed by atoms with Crippen LogP contribution in [0.5, 0.6) is 0 Å². The summed E-state index contributed by atoms with van der Waals surface area (Å²) >= 11 is 0. The summed E-state index contributed by atoms with van der Waals surface area (Å²) in [5.41, 5.74) is -4.75. The predicted octanol–water partition coefficient (Wildman–Crippen LogP) is 5.35. The van der Waals surface area contributed by atoms with Crippen molar-refractivity contribution in [2.75, 3.05) is 0 Å². The highest BCUT2D eigenvalue weighted by Crippen LogP contribution is 2.64. The van der Waals surface area contributed by atoms with E-state index >= 15 is 0 Å². The first-order chi connectivity index (χ1) is 12.5. The van der Waals surface area contributed by atoms with Crippen LogP contribution in [0.25, 0.3) is 0 Å². The SMILES string of the molecule is C[C@@]12C=CC[C@H]1[C@@H]1CC=C3CCCC(OS(=O)(=O)C(F)(F)F)[C@]3(C)[C@H]1CC2. The fourth-order valence-corrected chi connectivity index (χ4v) is 7.24. The van der Waals surface area contributed by atoms with Gasteiger partial charge in [-0.25, -0.2) is 0 Å². The van der Waals surface area contributed by atoms with Gasteiger partial charge in [-0.1, -0.05) is 37.6 Å². The molecule has 6 atom stereocenters. The van der Waals surface area contributed by atoms with Gasteiger partial charge in [0.05, 0.1) is 6.10 Å². The summed E-state index contributed by atoms with van der Waals surface area (Å²) in [5, 5.41) is 0. The zero-order valence-electron chi connectivity index (χ0n) is 15.8. The molecule has 4 aliphatic carbocycles. The lowest BCUT2D eigenvalue weighted by atomic mass is 9.47. The normalized spacial score (nSPS) is 44.3. The van der Waals surface area contributed by atoms with Crippen molar-refractivity contribution in [3.8, 4) is 0 Å². The summed E-state index contributed by atoms with van der Waals surface area (Å²) < 4.78 is 67.3. The van der Waals surface area contributed by atoms with Crippen molar-refractivity contribution in [2.24, 2.45) is 28.6 Å². The maximum absolute atomic E-state index is 13.0. The monoisotopic (exact) mass is 404 g/mol. The summed E-state index contributed by atoms with van der Waals surface area (Å²) in [7, 11) is -5.59. The summed E-state index contributed by atoms with van der Waals surface area (Å²) in [4.78, 5) is 0. The van der Waals surface area contributed by atoms with Crippen LogP contribution in [-0.2, 0) is 14.3 Å². The van der Waals surface area contributed by atoms with E-state index < -0.39 is 27.1 Å². The van der Waals surface area contributed by atoms with Crippen molar-refractivity contribution in [2.45, 2.75) is 70.4 Å². The van der Waals surface area contributed by atoms with Crippen LogP contribution >= 0.6 is 0 Å². The van der Waals surface area contributed by atoms with Gasteiger partial charge < -0.3 is 0 Å². The van der Waals surface area contributed by atoms with Gasteiger partial charge in [0.1, 0.15) is 0 Å². The molecule has 27 heavy (non-hydrogen) atoms. The van der Waals surface area contributed by atoms with Crippen molar-refractivity contribution in [1.29, 1.82) is 0 Å². The zero-order chi connectivity index (χ0) is 19.7. The number of alkyl halides is 3. The zero-order valence-corrected chi connectivity index (χ0v) is 16.6. The third kappa shape index (κ3) is 2.83. The van der Waals surface area contributed by atoms with Crippen LogP contribution in [-0.4, -0.2) is 20.0 Å². The van der Waals surface area contributed by atoms with Crippen LogP contribution < -0.4 is 0 Å². The minimum absolute atomic E-state index is 0.159. The minimum atomic E-state index is -5.59. The van der Waals surface area contributed by atoms with Crippen molar-refractivity contribution in [3.05, 3.63) is 23.8 Å². The van der Waals surface area contributed by atoms with E-state index in [0.717, 1.165) is 37.7 Å². The molecule has 0 spiro atoms. The van der Waals surface area contributed by atoms with Crippen LogP contribution in [0.2, 0.25) is 0 Å². The highest BCUT2D eigenvalue weighted by atomic mass is 32.2. The maximum atomic E-state index is 13.0. The molecule has 0 aromatic rings. The van der Waals surface area contributed by atoms with E-state index in [0.29, 0.717) is 24.7 Å². The molecule has 152 valence electrons. The Morgan fingerprint density at radius 3 is 2.59 bits per heavy atom. The van der Waals surface area contributed by atoms with Crippen molar-refractivity contribution in [3.63, 3.8) is 0 Å². The highest BCUT2D eigenvalue weighted by Gasteiger charge is 2.59. The molecule has 0 aliphatic heterocycles. The maximum Gasteiger partial charge on any atom is 0.523 e. The molecule has 0 aromatic heterocycles. The topological polar surface area (TPSA) is 43.4 Å². The molecule has 0 aromatic carbocycles. The summed E-state index contributed by atoms with van der Waals surface area (Å²) in [6.07, 6.45) is 11.5. The molecular weight excluding hydrogens is 377 g/mol. The second-order valence-corrected chi connectivity index (χ2v) is 10.7. The Balaban J connectivity index is 1.69. The Morgan fingerprint density at radius 2 is 1.89 bits per heavy atom. The number of hydrogen-bond donors (Lipinski definition) is 0. The average Bonchev–Trinajstić information content (AvgIpc) is 2.96. The van der Waals surface area contributed by atoms with E-state index in [1.165, 1.54) is 0 Å². The van der Waals surface area contributed by atoms with Gasteiger partial charge in [0.25, 0.3) is 0 Å². The number of rotatable bonds is 2. The van der Waals surface area contributed by atoms with E-state index in [1.54, 1.807) is 0 Å². The molecule has 0 radical (unpaired) electrons. The first-order valence-corrected chi connectivity index (χ1v) is 11.3. The van der Waals surface area contributed by atoms with Gasteiger partial charge in [-0.3, -0.25) is 4.18 Å². The smallest absolute Gasteiger partial charge is 0.259 e. The number of halogens is 3. The van der Waals surface area contributed by atoms with E-state index in [2.05, 4.69) is 25.2 Å². The first-order valence-electron chi connectivity index (χ1n) is 9.86. The van der Waals surface area contributed by atoms with Gasteiger partial charge in [-0.2, -0.15) is 21.6 Å². The predicted molar refractivity (Wildman–Crippen MR) is 96.1 cm³/mol. The molecule has 3 nitrogen and oxygen atoms in total. The highest BCUT2D eigenvalue weighted by molar-refractivity contribution is 7.87. The molecule has 4 aliphatic rings. The van der Waals surface area contributed by atoms with Crippen LogP contribution in [0.1, 0.15) is 58.8 Å². The van der Waals surface area contributed by atoms with Crippen LogP contribution in [0.15, 0.2) is 23.8 Å². The van der Waals surface area contributed by atoms with Crippen LogP contribution in [0, 0.1) is 28.6 Å². The summed E-state index contributed by atoms with van der Waals surface area (Å²) in [6.45, 7) is 4.23. The second-order valence-electron chi connectivity index (χ2n) is 9.18. The summed E-state index contributed by atoms with van der Waals surface area (Å²) in [6, 6.07) is 0. The molecule has 2 saturated carbocycles. The summed E-state index contributed by atoms with van der Waals surface area (Å²) in [5.74, 6) is 1.02. The molecular formula is C20H27F3O3S. The number of hydrogen-bond acceptors (Lipinski definition) is 3. The third-order valence-electron chi connectivity index (χ3n) is 7.97. The third-order valence-corrected chi connectivity index (χ3v) is 9.02. The van der Waals surface area contributed by atoms with E-state index in [9.17, 15) is 21.6 Å². The molecule has 0 saturated heterocycles. The average molecular weight is 404 g/mol. The first kappa shape index (κ1) is 19.5. The van der Waals surface area contributed by atoms with Gasteiger partial charge in [0.15, 0.2) is 0 Å².